The number of aromatic nitrogens is 3. The van der Waals surface area contributed by atoms with Crippen LogP contribution in [-0.2, 0) is 6.42 Å². The molecule has 0 bridgehead atoms. The molecule has 2 heterocycles. The van der Waals surface area contributed by atoms with Gasteiger partial charge in [-0.15, -0.1) is 0 Å². The van der Waals surface area contributed by atoms with Crippen LogP contribution in [0.5, 0.6) is 0 Å². The molecule has 4 rings (SSSR count). The van der Waals surface area contributed by atoms with Crippen molar-refractivity contribution < 1.29 is 4.39 Å². The first-order valence-electron chi connectivity index (χ1n) is 7.62. The number of nitrogens with one attached hydrogen (secondary N) is 1. The van der Waals surface area contributed by atoms with Crippen LogP contribution < -0.4 is 5.32 Å². The van der Waals surface area contributed by atoms with Crippen LogP contribution in [0.2, 0.25) is 0 Å². The quantitative estimate of drug-likeness (QED) is 0.731. The summed E-state index contributed by atoms with van der Waals surface area (Å²) < 4.78 is 15.6. The van der Waals surface area contributed by atoms with E-state index in [1.165, 1.54) is 30.5 Å². The lowest BCUT2D eigenvalue weighted by Crippen LogP contribution is -2.18. The summed E-state index contributed by atoms with van der Waals surface area (Å²) in [5, 5.41) is 7.63. The summed E-state index contributed by atoms with van der Waals surface area (Å²) in [7, 11) is 0. The predicted molar refractivity (Wildman–Crippen MR) is 90.9 cm³/mol. The molecule has 0 radical (unpaired) electrons. The number of nitrogens with zero attached hydrogens (tertiary/aromatic N) is 3. The molecule has 0 aliphatic heterocycles. The highest BCUT2D eigenvalue weighted by molar-refractivity contribution is 9.10. The number of fused-ring (bicyclic) bond motifs is 1. The molecule has 1 fully saturated rings. The van der Waals surface area contributed by atoms with Gasteiger partial charge in [0.05, 0.1) is 10.7 Å². The van der Waals surface area contributed by atoms with Gasteiger partial charge in [0.15, 0.2) is 5.65 Å². The molecular formula is C17H16BrFN4. The number of rotatable bonds is 5. The standard InChI is InChI=1S/C17H16BrFN4/c18-14-10-21-23-8-5-15(22-16(14)23)20-11-17(6-7-17)9-12-1-3-13(19)4-2-12/h1-5,8,10H,6-7,9,11H2,(H,20,22). The number of hydrogen-bond acceptors (Lipinski definition) is 3. The lowest BCUT2D eigenvalue weighted by atomic mass is 9.96. The first kappa shape index (κ1) is 14.6. The van der Waals surface area contributed by atoms with E-state index in [2.05, 4.69) is 31.3 Å². The predicted octanol–water partition coefficient (Wildman–Crippen LogP) is 4.07. The number of hydrogen-bond donors (Lipinski definition) is 1. The largest absolute Gasteiger partial charge is 0.369 e. The zero-order chi connectivity index (χ0) is 15.9. The fourth-order valence-electron chi connectivity index (χ4n) is 2.85. The van der Waals surface area contributed by atoms with Crippen molar-refractivity contribution in [3.05, 3.63) is 58.6 Å². The molecule has 6 heteroatoms. The second-order valence-corrected chi connectivity index (χ2v) is 7.08. The second kappa shape index (κ2) is 5.60. The Morgan fingerprint density at radius 3 is 2.74 bits per heavy atom. The number of benzene rings is 1. The van der Waals surface area contributed by atoms with Crippen LogP contribution in [-0.4, -0.2) is 21.1 Å². The molecule has 0 spiro atoms. The monoisotopic (exact) mass is 374 g/mol. The smallest absolute Gasteiger partial charge is 0.171 e. The van der Waals surface area contributed by atoms with Crippen molar-refractivity contribution in [3.63, 3.8) is 0 Å². The summed E-state index contributed by atoms with van der Waals surface area (Å²) in [5.74, 6) is 0.671. The Kier molecular flexibility index (Phi) is 3.56. The number of anilines is 1. The van der Waals surface area contributed by atoms with Gasteiger partial charge >= 0.3 is 0 Å². The summed E-state index contributed by atoms with van der Waals surface area (Å²) in [6.07, 6.45) is 6.99. The maximum Gasteiger partial charge on any atom is 0.171 e. The molecule has 1 aliphatic carbocycles. The van der Waals surface area contributed by atoms with Crippen LogP contribution in [0.25, 0.3) is 5.65 Å². The van der Waals surface area contributed by atoms with Crippen LogP contribution in [0.3, 0.4) is 0 Å². The SMILES string of the molecule is Fc1ccc(CC2(CNc3ccn4ncc(Br)c4n3)CC2)cc1. The summed E-state index contributed by atoms with van der Waals surface area (Å²) in [4.78, 5) is 4.58. The molecule has 1 N–H and O–H groups in total. The maximum absolute atomic E-state index is 13.0. The van der Waals surface area contributed by atoms with Crippen LogP contribution >= 0.6 is 15.9 Å². The highest BCUT2D eigenvalue weighted by Crippen LogP contribution is 2.48. The molecule has 0 saturated heterocycles. The zero-order valence-electron chi connectivity index (χ0n) is 12.5. The molecule has 0 unspecified atom stereocenters. The molecule has 4 nitrogen and oxygen atoms in total. The Morgan fingerprint density at radius 2 is 2.00 bits per heavy atom. The fourth-order valence-corrected chi connectivity index (χ4v) is 3.21. The lowest BCUT2D eigenvalue weighted by Gasteiger charge is -2.16. The van der Waals surface area contributed by atoms with Gasteiger partial charge in [0, 0.05) is 12.7 Å². The van der Waals surface area contributed by atoms with Crippen molar-refractivity contribution in [2.24, 2.45) is 5.41 Å². The summed E-state index contributed by atoms with van der Waals surface area (Å²) in [6, 6.07) is 8.75. The van der Waals surface area contributed by atoms with Crippen LogP contribution in [0.15, 0.2) is 47.2 Å². The highest BCUT2D eigenvalue weighted by atomic mass is 79.9. The zero-order valence-corrected chi connectivity index (χ0v) is 14.1. The minimum atomic E-state index is -0.180. The van der Waals surface area contributed by atoms with E-state index in [9.17, 15) is 4.39 Å². The summed E-state index contributed by atoms with van der Waals surface area (Å²) in [6.45, 7) is 0.874. The third-order valence-corrected chi connectivity index (χ3v) is 4.98. The van der Waals surface area contributed by atoms with Gasteiger partial charge in [-0.25, -0.2) is 13.9 Å². The normalized spacial score (nSPS) is 15.7. The Labute approximate surface area is 141 Å². The van der Waals surface area contributed by atoms with Crippen LogP contribution in [0.1, 0.15) is 18.4 Å². The highest BCUT2D eigenvalue weighted by Gasteiger charge is 2.42. The Bertz CT molecular complexity index is 839. The third-order valence-electron chi connectivity index (χ3n) is 4.42. The van der Waals surface area contributed by atoms with E-state index in [0.717, 1.165) is 28.9 Å². The minimum Gasteiger partial charge on any atom is -0.369 e. The van der Waals surface area contributed by atoms with E-state index in [0.29, 0.717) is 0 Å². The molecule has 1 saturated carbocycles. The van der Waals surface area contributed by atoms with Gasteiger partial charge in [0.2, 0.25) is 0 Å². The molecule has 23 heavy (non-hydrogen) atoms. The fraction of sp³-hybridized carbons (Fsp3) is 0.294. The Morgan fingerprint density at radius 1 is 1.22 bits per heavy atom. The molecular weight excluding hydrogens is 359 g/mol. The van der Waals surface area contributed by atoms with E-state index in [1.54, 1.807) is 10.7 Å². The first-order valence-corrected chi connectivity index (χ1v) is 8.41. The molecule has 2 aromatic heterocycles. The van der Waals surface area contributed by atoms with Gasteiger partial charge in [0.25, 0.3) is 0 Å². The van der Waals surface area contributed by atoms with Crippen LogP contribution in [0, 0.1) is 11.2 Å². The van der Waals surface area contributed by atoms with Gasteiger partial charge in [-0.1, -0.05) is 12.1 Å². The minimum absolute atomic E-state index is 0.180. The van der Waals surface area contributed by atoms with Crippen molar-refractivity contribution >= 4 is 27.4 Å². The maximum atomic E-state index is 13.0. The van der Waals surface area contributed by atoms with Gasteiger partial charge in [-0.3, -0.25) is 0 Å². The molecule has 1 aromatic carbocycles. The van der Waals surface area contributed by atoms with E-state index in [4.69, 9.17) is 0 Å². The van der Waals surface area contributed by atoms with E-state index in [-0.39, 0.29) is 11.2 Å². The third kappa shape index (κ3) is 3.08. The van der Waals surface area contributed by atoms with E-state index in [1.807, 2.05) is 24.4 Å². The molecule has 1 aliphatic rings. The molecule has 0 atom stereocenters. The van der Waals surface area contributed by atoms with Crippen molar-refractivity contribution in [2.45, 2.75) is 19.3 Å². The number of halogens is 2. The first-order chi connectivity index (χ1) is 11.1. The topological polar surface area (TPSA) is 42.2 Å². The molecule has 0 amide bonds. The van der Waals surface area contributed by atoms with Crippen molar-refractivity contribution in [1.29, 1.82) is 0 Å². The Hall–Kier alpha value is -1.95. The van der Waals surface area contributed by atoms with Gasteiger partial charge in [0.1, 0.15) is 11.6 Å². The average Bonchev–Trinajstić information content (AvgIpc) is 3.23. The summed E-state index contributed by atoms with van der Waals surface area (Å²) in [5.41, 5.74) is 2.26. The van der Waals surface area contributed by atoms with Crippen molar-refractivity contribution in [3.8, 4) is 0 Å². The van der Waals surface area contributed by atoms with Crippen LogP contribution in [0.4, 0.5) is 10.2 Å². The van der Waals surface area contributed by atoms with Gasteiger partial charge in [-0.05, 0) is 64.4 Å². The van der Waals surface area contributed by atoms with E-state index < -0.39 is 0 Å². The van der Waals surface area contributed by atoms with Crippen molar-refractivity contribution in [1.82, 2.24) is 14.6 Å². The Balaban J connectivity index is 1.44. The second-order valence-electron chi connectivity index (χ2n) is 6.23. The summed E-state index contributed by atoms with van der Waals surface area (Å²) >= 11 is 3.45. The molecule has 118 valence electrons. The average molecular weight is 375 g/mol. The van der Waals surface area contributed by atoms with Crippen molar-refractivity contribution in [2.75, 3.05) is 11.9 Å². The van der Waals surface area contributed by atoms with E-state index >= 15 is 0 Å². The van der Waals surface area contributed by atoms with Gasteiger partial charge in [-0.2, -0.15) is 5.10 Å². The van der Waals surface area contributed by atoms with Gasteiger partial charge < -0.3 is 5.32 Å². The lowest BCUT2D eigenvalue weighted by molar-refractivity contribution is 0.536. The molecule has 3 aromatic rings.